The highest BCUT2D eigenvalue weighted by molar-refractivity contribution is 4.95. The molecule has 0 aliphatic heterocycles. The Labute approximate surface area is 65.5 Å². The molecule has 0 spiro atoms. The van der Waals surface area contributed by atoms with Crippen LogP contribution in [-0.4, -0.2) is 12.1 Å². The van der Waals surface area contributed by atoms with Crippen molar-refractivity contribution in [1.29, 1.82) is 0 Å². The van der Waals surface area contributed by atoms with Crippen LogP contribution in [0.25, 0.3) is 0 Å². The largest absolute Gasteiger partial charge is 0.449 e. The topological polar surface area (TPSA) is 47.3 Å². The quantitative estimate of drug-likeness (QED) is 0.657. The Kier molecular flexibility index (Phi) is 3.07. The lowest BCUT2D eigenvalue weighted by Crippen LogP contribution is -2.10. The Morgan fingerprint density at radius 1 is 1.73 bits per heavy atom. The van der Waals surface area contributed by atoms with Gasteiger partial charge in [0.2, 0.25) is 0 Å². The molecule has 0 aliphatic rings. The van der Waals surface area contributed by atoms with Gasteiger partial charge in [-0.1, -0.05) is 6.92 Å². The monoisotopic (exact) mass is 156 g/mol. The maximum Gasteiger partial charge on any atom is 0.193 e. The summed E-state index contributed by atoms with van der Waals surface area (Å²) in [4.78, 5) is 8.81. The van der Waals surface area contributed by atoms with Gasteiger partial charge in [-0.25, -0.2) is 4.98 Å². The van der Waals surface area contributed by atoms with Crippen molar-refractivity contribution in [3.8, 4) is 0 Å². The van der Waals surface area contributed by atoms with Crippen LogP contribution >= 0.6 is 0 Å². The van der Waals surface area contributed by atoms with Crippen molar-refractivity contribution in [2.75, 3.05) is 7.11 Å². The fourth-order valence-corrected chi connectivity index (χ4v) is 0.739. The number of aryl methyl sites for hydroxylation is 1. The van der Waals surface area contributed by atoms with Crippen LogP contribution in [0, 0.1) is 0 Å². The number of rotatable bonds is 4. The Morgan fingerprint density at radius 3 is 3.09 bits per heavy atom. The molecule has 0 bridgehead atoms. The van der Waals surface area contributed by atoms with E-state index in [9.17, 15) is 0 Å². The van der Waals surface area contributed by atoms with Crippen LogP contribution in [0.15, 0.2) is 10.7 Å². The van der Waals surface area contributed by atoms with E-state index >= 15 is 0 Å². The second kappa shape index (κ2) is 4.10. The second-order valence-electron chi connectivity index (χ2n) is 2.11. The zero-order valence-corrected chi connectivity index (χ0v) is 6.76. The molecule has 1 N–H and O–H groups in total. The van der Waals surface area contributed by atoms with Gasteiger partial charge in [-0.15, -0.1) is 0 Å². The Hall–Kier alpha value is -0.870. The first-order valence-corrected chi connectivity index (χ1v) is 3.56. The number of hydroxylamine groups is 1. The van der Waals surface area contributed by atoms with Crippen LogP contribution in [0.2, 0.25) is 0 Å². The van der Waals surface area contributed by atoms with Crippen molar-refractivity contribution in [2.45, 2.75) is 19.9 Å². The summed E-state index contributed by atoms with van der Waals surface area (Å²) in [6, 6.07) is 0. The first-order valence-electron chi connectivity index (χ1n) is 3.56. The highest BCUT2D eigenvalue weighted by Gasteiger charge is 1.99. The number of aromatic nitrogens is 1. The minimum atomic E-state index is 0.583. The van der Waals surface area contributed by atoms with Crippen molar-refractivity contribution in [2.24, 2.45) is 0 Å². The van der Waals surface area contributed by atoms with Crippen molar-refractivity contribution >= 4 is 0 Å². The summed E-state index contributed by atoms with van der Waals surface area (Å²) in [6.45, 7) is 2.58. The standard InChI is InChI=1S/C7H12N2O2/c1-3-7-9-6(5-11-7)4-8-10-2/h5,8H,3-4H2,1-2H3. The van der Waals surface area contributed by atoms with Gasteiger partial charge in [0.15, 0.2) is 5.89 Å². The van der Waals surface area contributed by atoms with Crippen LogP contribution in [-0.2, 0) is 17.8 Å². The third kappa shape index (κ3) is 2.32. The normalized spacial score (nSPS) is 10.4. The maximum atomic E-state index is 5.10. The van der Waals surface area contributed by atoms with E-state index in [1.54, 1.807) is 13.4 Å². The van der Waals surface area contributed by atoms with Crippen molar-refractivity contribution in [3.63, 3.8) is 0 Å². The SMILES string of the molecule is CCc1nc(CNOC)co1. The highest BCUT2D eigenvalue weighted by Crippen LogP contribution is 2.01. The van der Waals surface area contributed by atoms with Gasteiger partial charge in [-0.2, -0.15) is 5.48 Å². The molecular weight excluding hydrogens is 144 g/mol. The maximum absolute atomic E-state index is 5.10. The molecule has 0 atom stereocenters. The summed E-state index contributed by atoms with van der Waals surface area (Å²) in [5.74, 6) is 0.762. The van der Waals surface area contributed by atoms with Gasteiger partial charge < -0.3 is 9.25 Å². The molecule has 0 aromatic carbocycles. The van der Waals surface area contributed by atoms with E-state index in [2.05, 4.69) is 15.3 Å². The van der Waals surface area contributed by atoms with Gasteiger partial charge in [-0.05, 0) is 0 Å². The minimum Gasteiger partial charge on any atom is -0.449 e. The second-order valence-corrected chi connectivity index (χ2v) is 2.11. The zero-order chi connectivity index (χ0) is 8.10. The highest BCUT2D eigenvalue weighted by atomic mass is 16.6. The molecule has 4 nitrogen and oxygen atoms in total. The Bertz CT molecular complexity index is 210. The van der Waals surface area contributed by atoms with Crippen molar-refractivity contribution < 1.29 is 9.25 Å². The first-order chi connectivity index (χ1) is 5.36. The molecule has 1 heterocycles. The first kappa shape index (κ1) is 8.23. The lowest BCUT2D eigenvalue weighted by atomic mass is 10.5. The molecule has 1 rings (SSSR count). The molecule has 0 radical (unpaired) electrons. The summed E-state index contributed by atoms with van der Waals surface area (Å²) < 4.78 is 5.10. The fourth-order valence-electron chi connectivity index (χ4n) is 0.739. The van der Waals surface area contributed by atoms with Gasteiger partial charge in [0.25, 0.3) is 0 Å². The number of nitrogens with zero attached hydrogens (tertiary/aromatic N) is 1. The van der Waals surface area contributed by atoms with Crippen LogP contribution in [0.4, 0.5) is 0 Å². The molecule has 0 fully saturated rings. The third-order valence-corrected chi connectivity index (χ3v) is 1.30. The predicted molar refractivity (Wildman–Crippen MR) is 39.7 cm³/mol. The molecular formula is C7H12N2O2. The summed E-state index contributed by atoms with van der Waals surface area (Å²) in [5.41, 5.74) is 3.54. The van der Waals surface area contributed by atoms with E-state index in [0.29, 0.717) is 6.54 Å². The molecule has 11 heavy (non-hydrogen) atoms. The van der Waals surface area contributed by atoms with E-state index in [1.165, 1.54) is 0 Å². The molecule has 0 saturated heterocycles. The van der Waals surface area contributed by atoms with Crippen LogP contribution in [0.3, 0.4) is 0 Å². The van der Waals surface area contributed by atoms with Crippen molar-refractivity contribution in [1.82, 2.24) is 10.5 Å². The van der Waals surface area contributed by atoms with E-state index in [1.807, 2.05) is 6.92 Å². The number of hydrogen-bond acceptors (Lipinski definition) is 4. The average molecular weight is 156 g/mol. The van der Waals surface area contributed by atoms with Gasteiger partial charge >= 0.3 is 0 Å². The van der Waals surface area contributed by atoms with E-state index in [4.69, 9.17) is 4.42 Å². The third-order valence-electron chi connectivity index (χ3n) is 1.30. The average Bonchev–Trinajstić information content (AvgIpc) is 2.48. The zero-order valence-electron chi connectivity index (χ0n) is 6.76. The summed E-state index contributed by atoms with van der Waals surface area (Å²) in [5, 5.41) is 0. The number of hydrogen-bond donors (Lipinski definition) is 1. The van der Waals surface area contributed by atoms with Gasteiger partial charge in [0.05, 0.1) is 19.3 Å². The number of oxazole rings is 1. The lowest BCUT2D eigenvalue weighted by Gasteiger charge is -1.94. The lowest BCUT2D eigenvalue weighted by molar-refractivity contribution is 0.0858. The Balaban J connectivity index is 2.44. The van der Waals surface area contributed by atoms with Crippen LogP contribution in [0.5, 0.6) is 0 Å². The predicted octanol–water partition coefficient (Wildman–Crippen LogP) is 0.888. The van der Waals surface area contributed by atoms with E-state index in [0.717, 1.165) is 18.0 Å². The Morgan fingerprint density at radius 2 is 2.55 bits per heavy atom. The molecule has 0 unspecified atom stereocenters. The van der Waals surface area contributed by atoms with Gasteiger partial charge in [0.1, 0.15) is 6.26 Å². The number of nitrogens with one attached hydrogen (secondary N) is 1. The van der Waals surface area contributed by atoms with Crippen LogP contribution < -0.4 is 5.48 Å². The summed E-state index contributed by atoms with van der Waals surface area (Å²) in [6.07, 6.45) is 2.46. The fraction of sp³-hybridized carbons (Fsp3) is 0.571. The smallest absolute Gasteiger partial charge is 0.193 e. The summed E-state index contributed by atoms with van der Waals surface area (Å²) >= 11 is 0. The molecule has 62 valence electrons. The van der Waals surface area contributed by atoms with Gasteiger partial charge in [-0.3, -0.25) is 0 Å². The minimum absolute atomic E-state index is 0.583. The summed E-state index contributed by atoms with van der Waals surface area (Å²) in [7, 11) is 1.57. The molecule has 0 amide bonds. The molecule has 1 aromatic rings. The van der Waals surface area contributed by atoms with E-state index < -0.39 is 0 Å². The van der Waals surface area contributed by atoms with Gasteiger partial charge in [0, 0.05) is 6.42 Å². The molecule has 0 aliphatic carbocycles. The van der Waals surface area contributed by atoms with Crippen molar-refractivity contribution in [3.05, 3.63) is 17.8 Å². The molecule has 0 saturated carbocycles. The van der Waals surface area contributed by atoms with Crippen LogP contribution in [0.1, 0.15) is 18.5 Å². The molecule has 4 heteroatoms. The molecule has 1 aromatic heterocycles. The van der Waals surface area contributed by atoms with E-state index in [-0.39, 0.29) is 0 Å².